The lowest BCUT2D eigenvalue weighted by Crippen LogP contribution is -2.20. The molecule has 1 heteroatoms. The van der Waals surface area contributed by atoms with Crippen molar-refractivity contribution in [3.05, 3.63) is 0 Å². The van der Waals surface area contributed by atoms with E-state index in [-0.39, 0.29) is 6.10 Å². The van der Waals surface area contributed by atoms with Gasteiger partial charge in [0.05, 0.1) is 6.10 Å². The standard InChI is InChI=1S/C11H18O/c12-11-9-5-1-3-7(9)8-4-2-6-10(8)11/h7-12H,1-6H2. The summed E-state index contributed by atoms with van der Waals surface area (Å²) >= 11 is 0. The quantitative estimate of drug-likeness (QED) is 0.585. The second-order valence-corrected chi connectivity index (χ2v) is 5.01. The van der Waals surface area contributed by atoms with Crippen molar-refractivity contribution in [2.45, 2.75) is 44.6 Å². The molecule has 3 aliphatic carbocycles. The molecule has 3 aliphatic rings. The van der Waals surface area contributed by atoms with Crippen LogP contribution in [0.15, 0.2) is 0 Å². The van der Waals surface area contributed by atoms with Crippen molar-refractivity contribution < 1.29 is 5.11 Å². The van der Waals surface area contributed by atoms with Gasteiger partial charge in [-0.15, -0.1) is 0 Å². The van der Waals surface area contributed by atoms with Gasteiger partial charge in [0.25, 0.3) is 0 Å². The van der Waals surface area contributed by atoms with E-state index in [1.807, 2.05) is 0 Å². The zero-order valence-corrected chi connectivity index (χ0v) is 7.58. The summed E-state index contributed by atoms with van der Waals surface area (Å²) in [4.78, 5) is 0. The fourth-order valence-corrected chi connectivity index (χ4v) is 4.26. The molecule has 1 nitrogen and oxygen atoms in total. The Bertz CT molecular complexity index is 169. The zero-order valence-electron chi connectivity index (χ0n) is 7.58. The van der Waals surface area contributed by atoms with E-state index >= 15 is 0 Å². The Kier molecular flexibility index (Phi) is 1.52. The van der Waals surface area contributed by atoms with Gasteiger partial charge in [-0.25, -0.2) is 0 Å². The van der Waals surface area contributed by atoms with E-state index < -0.39 is 0 Å². The van der Waals surface area contributed by atoms with Crippen molar-refractivity contribution in [3.8, 4) is 0 Å². The first-order valence-corrected chi connectivity index (χ1v) is 5.56. The summed E-state index contributed by atoms with van der Waals surface area (Å²) < 4.78 is 0. The highest BCUT2D eigenvalue weighted by Crippen LogP contribution is 2.56. The van der Waals surface area contributed by atoms with Crippen molar-refractivity contribution in [2.75, 3.05) is 0 Å². The summed E-state index contributed by atoms with van der Waals surface area (Å²) in [5.74, 6) is 3.26. The van der Waals surface area contributed by atoms with Crippen molar-refractivity contribution in [1.29, 1.82) is 0 Å². The summed E-state index contributed by atoms with van der Waals surface area (Å²) in [6, 6.07) is 0. The molecule has 0 amide bonds. The summed E-state index contributed by atoms with van der Waals surface area (Å²) in [6.45, 7) is 0. The third-order valence-electron chi connectivity index (χ3n) is 4.68. The lowest BCUT2D eigenvalue weighted by atomic mass is 9.90. The van der Waals surface area contributed by atoms with Gasteiger partial charge in [-0.05, 0) is 49.4 Å². The highest BCUT2D eigenvalue weighted by atomic mass is 16.3. The molecule has 0 heterocycles. The Balaban J connectivity index is 1.89. The Labute approximate surface area is 74.2 Å². The molecule has 0 aromatic carbocycles. The number of hydrogen-bond donors (Lipinski definition) is 1. The third kappa shape index (κ3) is 0.783. The van der Waals surface area contributed by atoms with E-state index in [1.54, 1.807) is 0 Å². The molecule has 4 unspecified atom stereocenters. The predicted molar refractivity (Wildman–Crippen MR) is 47.7 cm³/mol. The molecule has 0 aliphatic heterocycles. The fraction of sp³-hybridized carbons (Fsp3) is 1.00. The van der Waals surface area contributed by atoms with E-state index in [0.29, 0.717) is 11.8 Å². The van der Waals surface area contributed by atoms with E-state index in [4.69, 9.17) is 0 Å². The minimum absolute atomic E-state index is 0.0880. The molecular weight excluding hydrogens is 148 g/mol. The first-order chi connectivity index (χ1) is 5.88. The van der Waals surface area contributed by atoms with Crippen LogP contribution in [0.25, 0.3) is 0 Å². The number of fused-ring (bicyclic) bond motifs is 3. The van der Waals surface area contributed by atoms with Crippen molar-refractivity contribution in [2.24, 2.45) is 23.7 Å². The molecule has 0 spiro atoms. The Morgan fingerprint density at radius 1 is 0.667 bits per heavy atom. The molecule has 0 aromatic rings. The van der Waals surface area contributed by atoms with Crippen molar-refractivity contribution in [3.63, 3.8) is 0 Å². The molecule has 3 rings (SSSR count). The molecule has 0 radical (unpaired) electrons. The molecule has 3 fully saturated rings. The second-order valence-electron chi connectivity index (χ2n) is 5.01. The van der Waals surface area contributed by atoms with Crippen LogP contribution in [0, 0.1) is 23.7 Å². The average Bonchev–Trinajstić information content (AvgIpc) is 2.72. The van der Waals surface area contributed by atoms with E-state index in [1.165, 1.54) is 38.5 Å². The highest BCUT2D eigenvalue weighted by Gasteiger charge is 2.52. The lowest BCUT2D eigenvalue weighted by Gasteiger charge is -2.16. The number of rotatable bonds is 0. The SMILES string of the molecule is OC1C2CCCC2C2CCCC12. The smallest absolute Gasteiger partial charge is 0.0602 e. The van der Waals surface area contributed by atoms with Crippen LogP contribution >= 0.6 is 0 Å². The Morgan fingerprint density at radius 3 is 1.58 bits per heavy atom. The van der Waals surface area contributed by atoms with Crippen LogP contribution in [0.4, 0.5) is 0 Å². The van der Waals surface area contributed by atoms with Crippen molar-refractivity contribution >= 4 is 0 Å². The van der Waals surface area contributed by atoms with Gasteiger partial charge in [-0.3, -0.25) is 0 Å². The first-order valence-electron chi connectivity index (χ1n) is 5.56. The van der Waals surface area contributed by atoms with Crippen LogP contribution in [-0.2, 0) is 0 Å². The maximum Gasteiger partial charge on any atom is 0.0602 e. The maximum absolute atomic E-state index is 10.1. The predicted octanol–water partition coefficient (Wildman–Crippen LogP) is 2.19. The van der Waals surface area contributed by atoms with Crippen LogP contribution in [0.5, 0.6) is 0 Å². The van der Waals surface area contributed by atoms with Crippen LogP contribution in [-0.4, -0.2) is 11.2 Å². The van der Waals surface area contributed by atoms with Gasteiger partial charge in [-0.2, -0.15) is 0 Å². The highest BCUT2D eigenvalue weighted by molar-refractivity contribution is 5.02. The van der Waals surface area contributed by atoms with E-state index in [0.717, 1.165) is 11.8 Å². The fourth-order valence-electron chi connectivity index (χ4n) is 4.26. The van der Waals surface area contributed by atoms with Gasteiger partial charge in [0.15, 0.2) is 0 Å². The molecule has 4 atom stereocenters. The molecule has 0 bridgehead atoms. The third-order valence-corrected chi connectivity index (χ3v) is 4.68. The number of hydrogen-bond acceptors (Lipinski definition) is 1. The Morgan fingerprint density at radius 2 is 1.08 bits per heavy atom. The monoisotopic (exact) mass is 166 g/mol. The number of aliphatic hydroxyl groups is 1. The van der Waals surface area contributed by atoms with Crippen LogP contribution in [0.3, 0.4) is 0 Å². The first kappa shape index (κ1) is 7.37. The topological polar surface area (TPSA) is 20.2 Å². The average molecular weight is 166 g/mol. The minimum Gasteiger partial charge on any atom is -0.393 e. The van der Waals surface area contributed by atoms with Crippen molar-refractivity contribution in [1.82, 2.24) is 0 Å². The molecule has 68 valence electrons. The van der Waals surface area contributed by atoms with Gasteiger partial charge in [0.2, 0.25) is 0 Å². The molecule has 12 heavy (non-hydrogen) atoms. The van der Waals surface area contributed by atoms with Gasteiger partial charge < -0.3 is 5.11 Å². The molecule has 0 saturated heterocycles. The Hall–Kier alpha value is -0.0400. The molecule has 0 aromatic heterocycles. The summed E-state index contributed by atoms with van der Waals surface area (Å²) in [5, 5.41) is 10.1. The van der Waals surface area contributed by atoms with Crippen LogP contribution in [0.2, 0.25) is 0 Å². The van der Waals surface area contributed by atoms with E-state index in [2.05, 4.69) is 0 Å². The van der Waals surface area contributed by atoms with Crippen LogP contribution in [0.1, 0.15) is 38.5 Å². The summed E-state index contributed by atoms with van der Waals surface area (Å²) in [6.07, 6.45) is 8.33. The summed E-state index contributed by atoms with van der Waals surface area (Å²) in [5.41, 5.74) is 0. The normalized spacial score (nSPS) is 57.2. The van der Waals surface area contributed by atoms with Gasteiger partial charge >= 0.3 is 0 Å². The maximum atomic E-state index is 10.1. The lowest BCUT2D eigenvalue weighted by molar-refractivity contribution is 0.0854. The van der Waals surface area contributed by atoms with E-state index in [9.17, 15) is 5.11 Å². The van der Waals surface area contributed by atoms with Crippen LogP contribution < -0.4 is 0 Å². The van der Waals surface area contributed by atoms with Gasteiger partial charge in [0.1, 0.15) is 0 Å². The number of aliphatic hydroxyl groups excluding tert-OH is 1. The van der Waals surface area contributed by atoms with Gasteiger partial charge in [0, 0.05) is 0 Å². The second kappa shape index (κ2) is 2.47. The molecular formula is C11H18O. The largest absolute Gasteiger partial charge is 0.393 e. The molecule has 1 N–H and O–H groups in total. The molecule has 3 saturated carbocycles. The van der Waals surface area contributed by atoms with Gasteiger partial charge in [-0.1, -0.05) is 12.8 Å². The zero-order chi connectivity index (χ0) is 8.13. The summed E-state index contributed by atoms with van der Waals surface area (Å²) in [7, 11) is 0. The minimum atomic E-state index is 0.0880.